The first-order valence-corrected chi connectivity index (χ1v) is 6.52. The molecule has 1 rings (SSSR count). The van der Waals surface area contributed by atoms with Crippen molar-refractivity contribution >= 4 is 11.9 Å². The average Bonchev–Trinajstić information content (AvgIpc) is 2.23. The van der Waals surface area contributed by atoms with Crippen LogP contribution in [-0.4, -0.2) is 35.6 Å². The zero-order valence-corrected chi connectivity index (χ0v) is 11.6. The summed E-state index contributed by atoms with van der Waals surface area (Å²) in [7, 11) is 0. The molecule has 0 bridgehead atoms. The van der Waals surface area contributed by atoms with Crippen LogP contribution < -0.4 is 10.6 Å². The topological polar surface area (TPSA) is 78.4 Å². The Morgan fingerprint density at radius 1 is 1.39 bits per heavy atom. The summed E-state index contributed by atoms with van der Waals surface area (Å²) in [5.74, 6) is -1.31. The Bertz CT molecular complexity index is 326. The molecule has 104 valence electrons. The average molecular weight is 256 g/mol. The van der Waals surface area contributed by atoms with Gasteiger partial charge in [-0.25, -0.2) is 4.79 Å². The molecule has 0 radical (unpaired) electrons. The molecular weight excluding hydrogens is 232 g/mol. The summed E-state index contributed by atoms with van der Waals surface area (Å²) in [5.41, 5.74) is -0.137. The first-order valence-electron chi connectivity index (χ1n) is 6.52. The molecule has 1 aliphatic rings. The van der Waals surface area contributed by atoms with Crippen molar-refractivity contribution in [3.8, 4) is 0 Å². The number of nitrogens with one attached hydrogen (secondary N) is 2. The van der Waals surface area contributed by atoms with Crippen LogP contribution in [0.15, 0.2) is 0 Å². The van der Waals surface area contributed by atoms with Crippen molar-refractivity contribution in [1.29, 1.82) is 0 Å². The number of amides is 1. The zero-order valence-electron chi connectivity index (χ0n) is 11.6. The lowest BCUT2D eigenvalue weighted by Crippen LogP contribution is -2.58. The van der Waals surface area contributed by atoms with E-state index in [1.54, 1.807) is 13.8 Å². The highest BCUT2D eigenvalue weighted by Crippen LogP contribution is 2.30. The van der Waals surface area contributed by atoms with Crippen LogP contribution in [0.3, 0.4) is 0 Å². The number of carbonyl (C=O) groups is 2. The molecule has 0 aromatic rings. The number of rotatable bonds is 4. The van der Waals surface area contributed by atoms with E-state index in [1.165, 1.54) is 0 Å². The summed E-state index contributed by atoms with van der Waals surface area (Å²) in [5, 5.41) is 14.9. The van der Waals surface area contributed by atoms with Crippen molar-refractivity contribution in [3.63, 3.8) is 0 Å². The van der Waals surface area contributed by atoms with E-state index in [4.69, 9.17) is 5.11 Å². The minimum atomic E-state index is -0.980. The summed E-state index contributed by atoms with van der Waals surface area (Å²) < 4.78 is 0. The van der Waals surface area contributed by atoms with Gasteiger partial charge in [-0.3, -0.25) is 4.79 Å². The Kier molecular flexibility index (Phi) is 4.73. The molecule has 0 aromatic carbocycles. The Hall–Kier alpha value is -1.10. The third-order valence-electron chi connectivity index (χ3n) is 3.62. The van der Waals surface area contributed by atoms with Crippen molar-refractivity contribution in [2.75, 3.05) is 6.54 Å². The molecule has 0 spiro atoms. The summed E-state index contributed by atoms with van der Waals surface area (Å²) in [4.78, 5) is 23.3. The molecule has 1 amide bonds. The molecule has 1 saturated heterocycles. The van der Waals surface area contributed by atoms with Crippen LogP contribution in [0, 0.1) is 11.3 Å². The van der Waals surface area contributed by atoms with Gasteiger partial charge in [0.05, 0.1) is 6.04 Å². The monoisotopic (exact) mass is 256 g/mol. The molecule has 1 fully saturated rings. The molecule has 1 heterocycles. The van der Waals surface area contributed by atoms with Gasteiger partial charge in [0.15, 0.2) is 0 Å². The smallest absolute Gasteiger partial charge is 0.326 e. The normalized spacial score (nSPS) is 24.6. The van der Waals surface area contributed by atoms with Gasteiger partial charge in [0.2, 0.25) is 5.91 Å². The van der Waals surface area contributed by atoms with E-state index in [-0.39, 0.29) is 23.3 Å². The number of carbonyl (C=O) groups excluding carboxylic acids is 1. The van der Waals surface area contributed by atoms with E-state index in [0.29, 0.717) is 0 Å². The maximum absolute atomic E-state index is 12.2. The van der Waals surface area contributed by atoms with Crippen LogP contribution in [-0.2, 0) is 9.59 Å². The van der Waals surface area contributed by atoms with Crippen molar-refractivity contribution in [1.82, 2.24) is 10.6 Å². The van der Waals surface area contributed by atoms with E-state index in [0.717, 1.165) is 19.4 Å². The van der Waals surface area contributed by atoms with Gasteiger partial charge in [-0.05, 0) is 30.7 Å². The van der Waals surface area contributed by atoms with Gasteiger partial charge in [-0.1, -0.05) is 27.7 Å². The van der Waals surface area contributed by atoms with Crippen molar-refractivity contribution in [2.24, 2.45) is 11.3 Å². The van der Waals surface area contributed by atoms with Crippen molar-refractivity contribution < 1.29 is 14.7 Å². The van der Waals surface area contributed by atoms with Crippen molar-refractivity contribution in [3.05, 3.63) is 0 Å². The first kappa shape index (κ1) is 15.0. The van der Waals surface area contributed by atoms with Crippen LogP contribution >= 0.6 is 0 Å². The van der Waals surface area contributed by atoms with Gasteiger partial charge in [0.1, 0.15) is 6.04 Å². The fourth-order valence-electron chi connectivity index (χ4n) is 2.41. The molecule has 18 heavy (non-hydrogen) atoms. The van der Waals surface area contributed by atoms with E-state index >= 15 is 0 Å². The molecule has 1 aliphatic heterocycles. The Balaban J connectivity index is 2.71. The lowest BCUT2D eigenvalue weighted by atomic mass is 9.77. The highest BCUT2D eigenvalue weighted by Gasteiger charge is 2.38. The third-order valence-corrected chi connectivity index (χ3v) is 3.62. The summed E-state index contributed by atoms with van der Waals surface area (Å²) in [6.45, 7) is 8.46. The molecule has 0 aromatic heterocycles. The molecular formula is C13H24N2O3. The highest BCUT2D eigenvalue weighted by atomic mass is 16.4. The van der Waals surface area contributed by atoms with Crippen LogP contribution in [0.5, 0.6) is 0 Å². The van der Waals surface area contributed by atoms with Crippen LogP contribution in [0.25, 0.3) is 0 Å². The van der Waals surface area contributed by atoms with Crippen LogP contribution in [0.2, 0.25) is 0 Å². The maximum atomic E-state index is 12.2. The van der Waals surface area contributed by atoms with Gasteiger partial charge in [0.25, 0.3) is 0 Å². The van der Waals surface area contributed by atoms with E-state index in [9.17, 15) is 9.59 Å². The minimum absolute atomic E-state index is 0.127. The van der Waals surface area contributed by atoms with E-state index < -0.39 is 12.0 Å². The third kappa shape index (κ3) is 3.45. The number of hydrogen-bond acceptors (Lipinski definition) is 3. The summed E-state index contributed by atoms with van der Waals surface area (Å²) in [6.07, 6.45) is 2.01. The van der Waals surface area contributed by atoms with Gasteiger partial charge in [-0.15, -0.1) is 0 Å². The molecule has 1 unspecified atom stereocenters. The number of carboxylic acids is 1. The SMILES string of the molecule is CC(C)[C@H](NC(=O)C1NCCCC1(C)C)C(=O)O. The maximum Gasteiger partial charge on any atom is 0.326 e. The van der Waals surface area contributed by atoms with E-state index in [1.807, 2.05) is 13.8 Å². The fourth-order valence-corrected chi connectivity index (χ4v) is 2.41. The number of piperidine rings is 1. The molecule has 5 nitrogen and oxygen atoms in total. The van der Waals surface area contributed by atoms with Gasteiger partial charge in [0, 0.05) is 0 Å². The number of carboxylic acid groups (broad SMARTS) is 1. The molecule has 3 N–H and O–H groups in total. The van der Waals surface area contributed by atoms with Crippen LogP contribution in [0.4, 0.5) is 0 Å². The molecule has 5 heteroatoms. The summed E-state index contributed by atoms with van der Waals surface area (Å²) >= 11 is 0. The number of aliphatic carboxylic acids is 1. The lowest BCUT2D eigenvalue weighted by molar-refractivity contribution is -0.144. The van der Waals surface area contributed by atoms with Crippen molar-refractivity contribution in [2.45, 2.75) is 52.6 Å². The zero-order chi connectivity index (χ0) is 13.9. The highest BCUT2D eigenvalue weighted by molar-refractivity contribution is 5.87. The van der Waals surface area contributed by atoms with E-state index in [2.05, 4.69) is 10.6 Å². The van der Waals surface area contributed by atoms with Gasteiger partial charge in [-0.2, -0.15) is 0 Å². The summed E-state index contributed by atoms with van der Waals surface area (Å²) in [6, 6.07) is -1.14. The van der Waals surface area contributed by atoms with Gasteiger partial charge < -0.3 is 15.7 Å². The molecule has 0 aliphatic carbocycles. The second-order valence-corrected chi connectivity index (χ2v) is 6.05. The molecule has 0 saturated carbocycles. The second-order valence-electron chi connectivity index (χ2n) is 6.05. The minimum Gasteiger partial charge on any atom is -0.480 e. The largest absolute Gasteiger partial charge is 0.480 e. The first-order chi connectivity index (χ1) is 8.25. The second kappa shape index (κ2) is 5.69. The Morgan fingerprint density at radius 3 is 2.44 bits per heavy atom. The van der Waals surface area contributed by atoms with Crippen LogP contribution in [0.1, 0.15) is 40.5 Å². The molecule has 2 atom stereocenters. The predicted molar refractivity (Wildman–Crippen MR) is 69.2 cm³/mol. The standard InChI is InChI=1S/C13H24N2O3/c1-8(2)9(12(17)18)15-11(16)10-13(3,4)6-5-7-14-10/h8-10,14H,5-7H2,1-4H3,(H,15,16)(H,17,18)/t9-,10?/m0/s1. The lowest BCUT2D eigenvalue weighted by Gasteiger charge is -2.38. The Labute approximate surface area is 108 Å². The fraction of sp³-hybridized carbons (Fsp3) is 0.846. The number of hydrogen-bond donors (Lipinski definition) is 3. The van der Waals surface area contributed by atoms with Gasteiger partial charge >= 0.3 is 5.97 Å². The predicted octanol–water partition coefficient (Wildman–Crippen LogP) is 0.990. The quantitative estimate of drug-likeness (QED) is 0.701. The Morgan fingerprint density at radius 2 is 2.00 bits per heavy atom.